The minimum Gasteiger partial charge on any atom is -0.508 e. The predicted molar refractivity (Wildman–Crippen MR) is 148 cm³/mol. The van der Waals surface area contributed by atoms with Crippen molar-refractivity contribution in [1.29, 1.82) is 0 Å². The topological polar surface area (TPSA) is 125 Å². The van der Waals surface area contributed by atoms with Crippen molar-refractivity contribution in [2.45, 2.75) is 6.61 Å². The number of hydrogen-bond acceptors (Lipinski definition) is 7. The molecule has 194 valence electrons. The van der Waals surface area contributed by atoms with E-state index in [0.29, 0.717) is 57.4 Å². The summed E-state index contributed by atoms with van der Waals surface area (Å²) in [5, 5.41) is 17.4. The molecular formula is C30H20FN7O2. The molecule has 7 aromatic rings. The number of phenolic OH excluding ortho intramolecular Hbond substituents is 1. The summed E-state index contributed by atoms with van der Waals surface area (Å²) in [4.78, 5) is 21.5. The summed E-state index contributed by atoms with van der Waals surface area (Å²) >= 11 is 0. The van der Waals surface area contributed by atoms with Crippen LogP contribution in [0.3, 0.4) is 0 Å². The van der Waals surface area contributed by atoms with Crippen LogP contribution in [0.25, 0.3) is 56.1 Å². The van der Waals surface area contributed by atoms with E-state index < -0.39 is 5.82 Å². The molecule has 2 aromatic carbocycles. The Balaban J connectivity index is 1.25. The monoisotopic (exact) mass is 529 g/mol. The third-order valence-electron chi connectivity index (χ3n) is 6.47. The molecule has 0 saturated carbocycles. The highest BCUT2D eigenvalue weighted by Crippen LogP contribution is 2.33. The summed E-state index contributed by atoms with van der Waals surface area (Å²) in [6, 6.07) is 21.2. The van der Waals surface area contributed by atoms with Gasteiger partial charge in [-0.3, -0.25) is 10.1 Å². The minimum absolute atomic E-state index is 0.172. The average molecular weight is 530 g/mol. The van der Waals surface area contributed by atoms with Crippen LogP contribution in [0.5, 0.6) is 11.5 Å². The van der Waals surface area contributed by atoms with Crippen LogP contribution in [0, 0.1) is 5.82 Å². The number of imidazole rings is 1. The molecule has 9 nitrogen and oxygen atoms in total. The maximum Gasteiger partial charge on any atom is 0.162 e. The van der Waals surface area contributed by atoms with E-state index in [2.05, 4.69) is 25.1 Å². The van der Waals surface area contributed by atoms with Gasteiger partial charge >= 0.3 is 0 Å². The van der Waals surface area contributed by atoms with Gasteiger partial charge in [-0.05, 0) is 47.5 Å². The zero-order valence-electron chi connectivity index (χ0n) is 20.8. The highest BCUT2D eigenvalue weighted by atomic mass is 19.1. The maximum absolute atomic E-state index is 14.0. The lowest BCUT2D eigenvalue weighted by atomic mass is 10.1. The van der Waals surface area contributed by atoms with E-state index in [-0.39, 0.29) is 5.75 Å². The normalized spacial score (nSPS) is 11.3. The molecule has 0 amide bonds. The SMILES string of the molecule is Oc1cc(F)cc(-c2ccnc3[nH]c(-c4n[nH]c5ccc(-c6cncc(OCc7ccccc7)c6)nc45)nc23)c1. The highest BCUT2D eigenvalue weighted by Gasteiger charge is 2.18. The fourth-order valence-electron chi connectivity index (χ4n) is 4.59. The summed E-state index contributed by atoms with van der Waals surface area (Å²) in [5.41, 5.74) is 6.51. The molecule has 7 rings (SSSR count). The molecule has 0 atom stereocenters. The van der Waals surface area contributed by atoms with E-state index in [9.17, 15) is 9.50 Å². The number of nitrogens with one attached hydrogen (secondary N) is 2. The van der Waals surface area contributed by atoms with Crippen LogP contribution in [-0.2, 0) is 6.61 Å². The number of nitrogens with zero attached hydrogens (tertiary/aromatic N) is 5. The first-order chi connectivity index (χ1) is 19.6. The van der Waals surface area contributed by atoms with Gasteiger partial charge in [-0.1, -0.05) is 30.3 Å². The number of hydrogen-bond donors (Lipinski definition) is 3. The fraction of sp³-hybridized carbons (Fsp3) is 0.0333. The molecule has 0 aliphatic carbocycles. The van der Waals surface area contributed by atoms with Crippen molar-refractivity contribution < 1.29 is 14.2 Å². The van der Waals surface area contributed by atoms with Gasteiger partial charge in [0.2, 0.25) is 0 Å². The number of aromatic amines is 2. The standard InChI is InChI=1S/C30H20FN7O2/c31-20-10-18(11-21(39)13-20)23-8-9-33-29-26(23)35-30(36-29)28-27-25(37-38-28)7-6-24(34-27)19-12-22(15-32-14-19)40-16-17-4-2-1-3-5-17/h1-15,39H,16H2,(H,37,38)(H,33,35,36). The van der Waals surface area contributed by atoms with Gasteiger partial charge in [-0.25, -0.2) is 19.3 Å². The lowest BCUT2D eigenvalue weighted by molar-refractivity contribution is 0.305. The molecule has 0 bridgehead atoms. The number of H-pyrrole nitrogens is 2. The molecule has 5 heterocycles. The Morgan fingerprint density at radius 3 is 2.65 bits per heavy atom. The van der Waals surface area contributed by atoms with Gasteiger partial charge in [0.15, 0.2) is 17.2 Å². The van der Waals surface area contributed by atoms with Crippen LogP contribution in [-0.4, -0.2) is 40.2 Å². The molecule has 0 fully saturated rings. The van der Waals surface area contributed by atoms with Crippen LogP contribution in [0.2, 0.25) is 0 Å². The van der Waals surface area contributed by atoms with Gasteiger partial charge in [0.1, 0.15) is 35.0 Å². The number of halogens is 1. The highest BCUT2D eigenvalue weighted by molar-refractivity contribution is 5.95. The molecule has 0 aliphatic heterocycles. The van der Waals surface area contributed by atoms with Crippen molar-refractivity contribution in [3.05, 3.63) is 103 Å². The van der Waals surface area contributed by atoms with Crippen molar-refractivity contribution in [1.82, 2.24) is 35.1 Å². The van der Waals surface area contributed by atoms with Crippen LogP contribution in [0.15, 0.2) is 91.4 Å². The van der Waals surface area contributed by atoms with E-state index in [1.54, 1.807) is 24.7 Å². The molecule has 0 radical (unpaired) electrons. The van der Waals surface area contributed by atoms with Crippen molar-refractivity contribution in [3.63, 3.8) is 0 Å². The summed E-state index contributed by atoms with van der Waals surface area (Å²) < 4.78 is 19.9. The van der Waals surface area contributed by atoms with Crippen molar-refractivity contribution in [2.75, 3.05) is 0 Å². The number of ether oxygens (including phenoxy) is 1. The van der Waals surface area contributed by atoms with E-state index in [4.69, 9.17) is 14.7 Å². The zero-order valence-corrected chi connectivity index (χ0v) is 20.8. The second-order valence-electron chi connectivity index (χ2n) is 9.19. The van der Waals surface area contributed by atoms with E-state index >= 15 is 0 Å². The van der Waals surface area contributed by atoms with E-state index in [0.717, 1.165) is 22.7 Å². The van der Waals surface area contributed by atoms with Gasteiger partial charge in [0.25, 0.3) is 0 Å². The Morgan fingerprint density at radius 1 is 0.875 bits per heavy atom. The van der Waals surface area contributed by atoms with E-state index in [1.807, 2.05) is 48.5 Å². The number of rotatable bonds is 6. The Morgan fingerprint density at radius 2 is 1.77 bits per heavy atom. The lowest BCUT2D eigenvalue weighted by Crippen LogP contribution is -1.96. The first kappa shape index (κ1) is 23.5. The number of aromatic nitrogens is 7. The van der Waals surface area contributed by atoms with Gasteiger partial charge in [-0.15, -0.1) is 0 Å². The van der Waals surface area contributed by atoms with Crippen LogP contribution in [0.1, 0.15) is 5.56 Å². The predicted octanol–water partition coefficient (Wildman–Crippen LogP) is 6.05. The third-order valence-corrected chi connectivity index (χ3v) is 6.47. The second kappa shape index (κ2) is 9.59. The van der Waals surface area contributed by atoms with Crippen LogP contribution in [0.4, 0.5) is 4.39 Å². The third kappa shape index (κ3) is 4.37. The number of pyridine rings is 3. The largest absolute Gasteiger partial charge is 0.508 e. The van der Waals surface area contributed by atoms with Crippen LogP contribution < -0.4 is 4.74 Å². The number of aromatic hydroxyl groups is 1. The molecule has 5 aromatic heterocycles. The molecule has 0 aliphatic rings. The molecule has 0 spiro atoms. The van der Waals surface area contributed by atoms with Gasteiger partial charge < -0.3 is 14.8 Å². The average Bonchev–Trinajstić information content (AvgIpc) is 3.60. The maximum atomic E-state index is 14.0. The molecule has 10 heteroatoms. The van der Waals surface area contributed by atoms with Crippen molar-refractivity contribution >= 4 is 22.2 Å². The lowest BCUT2D eigenvalue weighted by Gasteiger charge is -2.08. The summed E-state index contributed by atoms with van der Waals surface area (Å²) in [7, 11) is 0. The Labute approximate surface area is 226 Å². The quantitative estimate of drug-likeness (QED) is 0.239. The number of phenols is 1. The molecule has 3 N–H and O–H groups in total. The van der Waals surface area contributed by atoms with Crippen LogP contribution >= 0.6 is 0 Å². The first-order valence-corrected chi connectivity index (χ1v) is 12.4. The first-order valence-electron chi connectivity index (χ1n) is 12.4. The summed E-state index contributed by atoms with van der Waals surface area (Å²) in [6.07, 6.45) is 5.00. The number of fused-ring (bicyclic) bond motifs is 2. The fourth-order valence-corrected chi connectivity index (χ4v) is 4.59. The van der Waals surface area contributed by atoms with Crippen molar-refractivity contribution in [3.8, 4) is 45.4 Å². The molecule has 40 heavy (non-hydrogen) atoms. The second-order valence-corrected chi connectivity index (χ2v) is 9.19. The minimum atomic E-state index is -0.547. The Kier molecular flexibility index (Phi) is 5.63. The Bertz CT molecular complexity index is 1980. The number of benzene rings is 2. The van der Waals surface area contributed by atoms with Crippen molar-refractivity contribution in [2.24, 2.45) is 0 Å². The zero-order chi connectivity index (χ0) is 27.1. The molecule has 0 unspecified atom stereocenters. The Hall–Kier alpha value is -5.64. The summed E-state index contributed by atoms with van der Waals surface area (Å²) in [6.45, 7) is 0.432. The van der Waals surface area contributed by atoms with E-state index in [1.165, 1.54) is 12.1 Å². The molecule has 0 saturated heterocycles. The van der Waals surface area contributed by atoms with Gasteiger partial charge in [-0.2, -0.15) is 5.10 Å². The van der Waals surface area contributed by atoms with Gasteiger partial charge in [0, 0.05) is 29.6 Å². The smallest absolute Gasteiger partial charge is 0.162 e. The molecular weight excluding hydrogens is 509 g/mol. The van der Waals surface area contributed by atoms with Gasteiger partial charge in [0.05, 0.1) is 17.4 Å². The summed E-state index contributed by atoms with van der Waals surface area (Å²) in [5.74, 6) is 0.365.